The SMILES string of the molecule is CC(C)C1=CC2C(=O)N=C(CSCCNC(=O)c3ccccn3)N=C2S1. The van der Waals surface area contributed by atoms with E-state index in [0.717, 1.165) is 5.04 Å². The van der Waals surface area contributed by atoms with Crippen molar-refractivity contribution in [1.82, 2.24) is 10.3 Å². The molecule has 0 spiro atoms. The minimum atomic E-state index is -0.288. The van der Waals surface area contributed by atoms with Crippen LogP contribution in [-0.4, -0.2) is 45.7 Å². The highest BCUT2D eigenvalue weighted by atomic mass is 32.2. The van der Waals surface area contributed by atoms with Gasteiger partial charge in [-0.05, 0) is 23.0 Å². The number of carbonyl (C=O) groups is 2. The quantitative estimate of drug-likeness (QED) is 0.726. The first-order valence-electron chi connectivity index (χ1n) is 8.41. The van der Waals surface area contributed by atoms with Gasteiger partial charge in [0.05, 0.1) is 10.8 Å². The van der Waals surface area contributed by atoms with Crippen LogP contribution in [0, 0.1) is 11.8 Å². The van der Waals surface area contributed by atoms with Gasteiger partial charge in [0.2, 0.25) is 0 Å². The predicted octanol–water partition coefficient (Wildman–Crippen LogP) is 2.78. The average Bonchev–Trinajstić information content (AvgIpc) is 3.07. The third-order valence-electron chi connectivity index (χ3n) is 3.79. The average molecular weight is 389 g/mol. The predicted molar refractivity (Wildman–Crippen MR) is 108 cm³/mol. The van der Waals surface area contributed by atoms with E-state index in [4.69, 9.17) is 0 Å². The Morgan fingerprint density at radius 1 is 1.35 bits per heavy atom. The van der Waals surface area contributed by atoms with Gasteiger partial charge in [0.25, 0.3) is 11.8 Å². The van der Waals surface area contributed by atoms with E-state index in [1.165, 1.54) is 4.91 Å². The lowest BCUT2D eigenvalue weighted by molar-refractivity contribution is -0.118. The largest absolute Gasteiger partial charge is 0.350 e. The number of hydrogen-bond donors (Lipinski definition) is 1. The number of rotatable bonds is 7. The molecule has 8 heteroatoms. The highest BCUT2D eigenvalue weighted by Gasteiger charge is 2.34. The molecule has 2 amide bonds. The lowest BCUT2D eigenvalue weighted by Crippen LogP contribution is -2.27. The van der Waals surface area contributed by atoms with Gasteiger partial charge >= 0.3 is 0 Å². The van der Waals surface area contributed by atoms with Crippen LogP contribution < -0.4 is 5.32 Å². The van der Waals surface area contributed by atoms with Crippen LogP contribution in [0.25, 0.3) is 0 Å². The van der Waals surface area contributed by atoms with Crippen LogP contribution in [0.4, 0.5) is 0 Å². The van der Waals surface area contributed by atoms with E-state index in [-0.39, 0.29) is 17.7 Å². The van der Waals surface area contributed by atoms with Gasteiger partial charge < -0.3 is 5.32 Å². The van der Waals surface area contributed by atoms with Crippen molar-refractivity contribution >= 4 is 46.2 Å². The molecule has 0 saturated heterocycles. The van der Waals surface area contributed by atoms with Crippen molar-refractivity contribution in [1.29, 1.82) is 0 Å². The molecule has 0 radical (unpaired) electrons. The topological polar surface area (TPSA) is 83.8 Å². The van der Waals surface area contributed by atoms with Gasteiger partial charge in [0, 0.05) is 18.5 Å². The summed E-state index contributed by atoms with van der Waals surface area (Å²) in [5.74, 6) is 1.62. The summed E-state index contributed by atoms with van der Waals surface area (Å²) in [4.78, 5) is 37.9. The van der Waals surface area contributed by atoms with Crippen LogP contribution in [0.15, 0.2) is 45.4 Å². The van der Waals surface area contributed by atoms with E-state index in [1.807, 2.05) is 6.08 Å². The molecule has 2 aliphatic rings. The zero-order valence-corrected chi connectivity index (χ0v) is 16.3. The third kappa shape index (κ3) is 4.62. The highest BCUT2D eigenvalue weighted by molar-refractivity contribution is 8.17. The number of fused-ring (bicyclic) bond motifs is 1. The highest BCUT2D eigenvalue weighted by Crippen LogP contribution is 2.38. The fourth-order valence-electron chi connectivity index (χ4n) is 2.43. The summed E-state index contributed by atoms with van der Waals surface area (Å²) in [5, 5.41) is 3.66. The number of hydrogen-bond acceptors (Lipinski definition) is 6. The van der Waals surface area contributed by atoms with Gasteiger partial charge in [-0.2, -0.15) is 16.8 Å². The van der Waals surface area contributed by atoms with Crippen molar-refractivity contribution in [3.8, 4) is 0 Å². The Labute approximate surface area is 161 Å². The number of aromatic nitrogens is 1. The van der Waals surface area contributed by atoms with Crippen molar-refractivity contribution in [3.05, 3.63) is 41.1 Å². The summed E-state index contributed by atoms with van der Waals surface area (Å²) in [6.07, 6.45) is 3.58. The monoisotopic (exact) mass is 388 g/mol. The number of pyridine rings is 1. The standard InChI is InChI=1S/C18H20N4O2S2/c1-11(2)14-9-12-16(23)21-15(22-18(12)26-14)10-25-8-7-20-17(24)13-5-3-4-6-19-13/h3-6,9,11-12H,7-8,10H2,1-2H3,(H,20,24). The van der Waals surface area contributed by atoms with E-state index >= 15 is 0 Å². The number of amides is 2. The molecular weight excluding hydrogens is 368 g/mol. The summed E-state index contributed by atoms with van der Waals surface area (Å²) in [7, 11) is 0. The summed E-state index contributed by atoms with van der Waals surface area (Å²) >= 11 is 3.18. The van der Waals surface area contributed by atoms with Crippen LogP contribution >= 0.6 is 23.5 Å². The molecule has 2 aliphatic heterocycles. The van der Waals surface area contributed by atoms with Gasteiger partial charge in [-0.25, -0.2) is 4.99 Å². The minimum Gasteiger partial charge on any atom is -0.350 e. The van der Waals surface area contributed by atoms with E-state index in [0.29, 0.717) is 35.5 Å². The van der Waals surface area contributed by atoms with Crippen LogP contribution in [0.3, 0.4) is 0 Å². The molecule has 0 fully saturated rings. The zero-order chi connectivity index (χ0) is 18.5. The second kappa shape index (κ2) is 8.64. The van der Waals surface area contributed by atoms with E-state index in [9.17, 15) is 9.59 Å². The summed E-state index contributed by atoms with van der Waals surface area (Å²) in [6.45, 7) is 4.74. The van der Waals surface area contributed by atoms with Crippen LogP contribution in [-0.2, 0) is 4.79 Å². The number of aliphatic imine (C=N–C) groups is 2. The van der Waals surface area contributed by atoms with Gasteiger partial charge in [-0.3, -0.25) is 14.6 Å². The second-order valence-electron chi connectivity index (χ2n) is 6.14. The Kier molecular flexibility index (Phi) is 6.26. The fourth-order valence-corrected chi connectivity index (χ4v) is 4.27. The van der Waals surface area contributed by atoms with Crippen molar-refractivity contribution in [2.24, 2.45) is 21.8 Å². The number of nitrogens with zero attached hydrogens (tertiary/aromatic N) is 3. The Morgan fingerprint density at radius 3 is 2.92 bits per heavy atom. The van der Waals surface area contributed by atoms with Gasteiger partial charge in [-0.1, -0.05) is 37.8 Å². The van der Waals surface area contributed by atoms with Crippen molar-refractivity contribution in [3.63, 3.8) is 0 Å². The van der Waals surface area contributed by atoms with Gasteiger partial charge in [-0.15, -0.1) is 0 Å². The lowest BCUT2D eigenvalue weighted by Gasteiger charge is -2.12. The summed E-state index contributed by atoms with van der Waals surface area (Å²) < 4.78 is 0. The molecule has 1 aromatic heterocycles. The van der Waals surface area contributed by atoms with Crippen molar-refractivity contribution in [2.75, 3.05) is 18.1 Å². The minimum absolute atomic E-state index is 0.128. The normalized spacial score (nSPS) is 19.0. The smallest absolute Gasteiger partial charge is 0.269 e. The molecule has 0 saturated carbocycles. The Morgan fingerprint density at radius 2 is 2.19 bits per heavy atom. The summed E-state index contributed by atoms with van der Waals surface area (Å²) in [5.41, 5.74) is 0.406. The molecule has 6 nitrogen and oxygen atoms in total. The number of thioether (sulfide) groups is 2. The molecule has 1 aromatic rings. The third-order valence-corrected chi connectivity index (χ3v) is 6.15. The maximum atomic E-state index is 12.2. The molecular formula is C18H20N4O2S2. The molecule has 3 rings (SSSR count). The Hall–Kier alpha value is -1.93. The van der Waals surface area contributed by atoms with E-state index in [1.54, 1.807) is 47.9 Å². The number of nitrogens with one attached hydrogen (secondary N) is 1. The number of amidine groups is 1. The van der Waals surface area contributed by atoms with E-state index < -0.39 is 0 Å². The van der Waals surface area contributed by atoms with Crippen LogP contribution in [0.1, 0.15) is 24.3 Å². The molecule has 26 heavy (non-hydrogen) atoms. The van der Waals surface area contributed by atoms with Crippen molar-refractivity contribution < 1.29 is 9.59 Å². The molecule has 0 aromatic carbocycles. The molecule has 0 aliphatic carbocycles. The molecule has 1 N–H and O–H groups in total. The van der Waals surface area contributed by atoms with Crippen LogP contribution in [0.5, 0.6) is 0 Å². The first kappa shape index (κ1) is 18.8. The summed E-state index contributed by atoms with van der Waals surface area (Å²) in [6, 6.07) is 5.23. The molecule has 1 atom stereocenters. The Balaban J connectivity index is 1.43. The van der Waals surface area contributed by atoms with Gasteiger partial charge in [0.1, 0.15) is 17.4 Å². The second-order valence-corrected chi connectivity index (χ2v) is 8.34. The molecule has 3 heterocycles. The van der Waals surface area contributed by atoms with Gasteiger partial charge in [0.15, 0.2) is 0 Å². The molecule has 0 bridgehead atoms. The number of allylic oxidation sites excluding steroid dienone is 1. The van der Waals surface area contributed by atoms with E-state index in [2.05, 4.69) is 34.1 Å². The first-order chi connectivity index (χ1) is 12.5. The number of carbonyl (C=O) groups excluding carboxylic acids is 2. The first-order valence-corrected chi connectivity index (χ1v) is 10.4. The lowest BCUT2D eigenvalue weighted by atomic mass is 10.1. The molecule has 1 unspecified atom stereocenters. The maximum Gasteiger partial charge on any atom is 0.269 e. The fraction of sp³-hybridized carbons (Fsp3) is 0.389. The van der Waals surface area contributed by atoms with Crippen molar-refractivity contribution in [2.45, 2.75) is 13.8 Å². The zero-order valence-electron chi connectivity index (χ0n) is 14.6. The Bertz CT molecular complexity index is 788. The van der Waals surface area contributed by atoms with Crippen LogP contribution in [0.2, 0.25) is 0 Å². The molecule has 136 valence electrons. The maximum absolute atomic E-state index is 12.2.